The second-order valence-electron chi connectivity index (χ2n) is 5.84. The van der Waals surface area contributed by atoms with Gasteiger partial charge in [0.25, 0.3) is 0 Å². The third kappa shape index (κ3) is 4.34. The van der Waals surface area contributed by atoms with Crippen molar-refractivity contribution in [1.29, 1.82) is 0 Å². The zero-order chi connectivity index (χ0) is 17.0. The normalized spacial score (nSPS) is 12.2. The van der Waals surface area contributed by atoms with E-state index in [9.17, 15) is 4.79 Å². The topological polar surface area (TPSA) is 85.0 Å². The van der Waals surface area contributed by atoms with Crippen molar-refractivity contribution in [3.63, 3.8) is 0 Å². The minimum atomic E-state index is -0.217. The summed E-state index contributed by atoms with van der Waals surface area (Å²) in [5.74, 6) is 0.656. The fourth-order valence-electron chi connectivity index (χ4n) is 2.52. The van der Waals surface area contributed by atoms with Crippen LogP contribution in [-0.4, -0.2) is 27.0 Å². The summed E-state index contributed by atoms with van der Waals surface area (Å²) >= 11 is 0. The van der Waals surface area contributed by atoms with Gasteiger partial charge in [-0.2, -0.15) is 5.10 Å². The van der Waals surface area contributed by atoms with Crippen LogP contribution < -0.4 is 10.6 Å². The monoisotopic (exact) mass is 319 g/mol. The highest BCUT2D eigenvalue weighted by Crippen LogP contribution is 2.14. The molecule has 0 radical (unpaired) electrons. The largest absolute Gasteiger partial charge is 0.359 e. The van der Waals surface area contributed by atoms with Crippen LogP contribution in [0.15, 0.2) is 10.6 Å². The average molecular weight is 319 g/mol. The van der Waals surface area contributed by atoms with Gasteiger partial charge in [-0.25, -0.2) is 4.79 Å². The minimum absolute atomic E-state index is 0.0116. The lowest BCUT2D eigenvalue weighted by Gasteiger charge is -2.14. The highest BCUT2D eigenvalue weighted by molar-refractivity contribution is 5.74. The SMILES string of the molecule is CCc1cc(CNC(=O)N[C@H](C)Cc2c(C)nn(C)c2C)on1. The summed E-state index contributed by atoms with van der Waals surface area (Å²) in [4.78, 5) is 12.0. The maximum Gasteiger partial charge on any atom is 0.315 e. The lowest BCUT2D eigenvalue weighted by molar-refractivity contribution is 0.235. The maximum atomic E-state index is 12.0. The number of aromatic nitrogens is 3. The molecule has 2 aromatic rings. The first kappa shape index (κ1) is 17.1. The molecule has 7 heteroatoms. The van der Waals surface area contributed by atoms with Crippen LogP contribution in [0.4, 0.5) is 4.79 Å². The van der Waals surface area contributed by atoms with E-state index in [1.807, 2.05) is 45.5 Å². The summed E-state index contributed by atoms with van der Waals surface area (Å²) in [6, 6.07) is 1.65. The molecule has 7 nitrogen and oxygen atoms in total. The predicted molar refractivity (Wildman–Crippen MR) is 87.1 cm³/mol. The van der Waals surface area contributed by atoms with E-state index in [0.717, 1.165) is 29.9 Å². The second-order valence-corrected chi connectivity index (χ2v) is 5.84. The molecule has 0 fully saturated rings. The lowest BCUT2D eigenvalue weighted by atomic mass is 10.1. The molecule has 2 N–H and O–H groups in total. The Morgan fingerprint density at radius 1 is 1.43 bits per heavy atom. The number of hydrogen-bond acceptors (Lipinski definition) is 4. The van der Waals surface area contributed by atoms with Gasteiger partial charge < -0.3 is 15.2 Å². The van der Waals surface area contributed by atoms with E-state index in [0.29, 0.717) is 12.3 Å². The van der Waals surface area contributed by atoms with Gasteiger partial charge in [0.05, 0.1) is 17.9 Å². The molecule has 0 aliphatic rings. The van der Waals surface area contributed by atoms with Crippen LogP contribution in [0.2, 0.25) is 0 Å². The molecule has 2 rings (SSSR count). The van der Waals surface area contributed by atoms with E-state index in [1.54, 1.807) is 0 Å². The van der Waals surface area contributed by atoms with Crippen LogP contribution in [-0.2, 0) is 26.4 Å². The summed E-state index contributed by atoms with van der Waals surface area (Å²) < 4.78 is 7.00. The fourth-order valence-corrected chi connectivity index (χ4v) is 2.52. The number of hydrogen-bond donors (Lipinski definition) is 2. The van der Waals surface area contributed by atoms with E-state index in [-0.39, 0.29) is 12.1 Å². The summed E-state index contributed by atoms with van der Waals surface area (Å²) in [7, 11) is 1.93. The van der Waals surface area contributed by atoms with Crippen molar-refractivity contribution in [3.05, 3.63) is 34.5 Å². The van der Waals surface area contributed by atoms with E-state index in [4.69, 9.17) is 4.52 Å². The number of nitrogens with one attached hydrogen (secondary N) is 2. The molecule has 0 spiro atoms. The lowest BCUT2D eigenvalue weighted by Crippen LogP contribution is -2.41. The first-order valence-electron chi connectivity index (χ1n) is 7.88. The van der Waals surface area contributed by atoms with E-state index in [1.165, 1.54) is 5.56 Å². The summed E-state index contributed by atoms with van der Waals surface area (Å²) in [6.07, 6.45) is 1.57. The summed E-state index contributed by atoms with van der Waals surface area (Å²) in [5, 5.41) is 14.0. The van der Waals surface area contributed by atoms with Gasteiger partial charge in [0.15, 0.2) is 5.76 Å². The molecule has 0 aliphatic carbocycles. The van der Waals surface area contributed by atoms with Crippen molar-refractivity contribution in [3.8, 4) is 0 Å². The molecular formula is C16H25N5O2. The first-order chi connectivity index (χ1) is 10.9. The molecule has 2 heterocycles. The van der Waals surface area contributed by atoms with Gasteiger partial charge in [0, 0.05) is 24.8 Å². The van der Waals surface area contributed by atoms with Gasteiger partial charge in [0.1, 0.15) is 0 Å². The molecule has 0 saturated carbocycles. The third-order valence-electron chi connectivity index (χ3n) is 3.94. The average Bonchev–Trinajstić information content (AvgIpc) is 3.05. The highest BCUT2D eigenvalue weighted by atomic mass is 16.5. The third-order valence-corrected chi connectivity index (χ3v) is 3.94. The number of amides is 2. The fraction of sp³-hybridized carbons (Fsp3) is 0.562. The van der Waals surface area contributed by atoms with Crippen LogP contribution in [0.1, 0.15) is 42.3 Å². The number of nitrogens with zero attached hydrogens (tertiary/aromatic N) is 3. The molecular weight excluding hydrogens is 294 g/mol. The van der Waals surface area contributed by atoms with Gasteiger partial charge >= 0.3 is 6.03 Å². The number of urea groups is 1. The van der Waals surface area contributed by atoms with Crippen molar-refractivity contribution in [1.82, 2.24) is 25.6 Å². The molecule has 0 saturated heterocycles. The van der Waals surface area contributed by atoms with Crippen LogP contribution in [0.3, 0.4) is 0 Å². The van der Waals surface area contributed by atoms with Gasteiger partial charge in [-0.1, -0.05) is 12.1 Å². The number of aryl methyl sites for hydroxylation is 3. The number of rotatable bonds is 6. The van der Waals surface area contributed by atoms with E-state index in [2.05, 4.69) is 20.9 Å². The van der Waals surface area contributed by atoms with Gasteiger partial charge in [-0.05, 0) is 39.2 Å². The molecule has 2 aromatic heterocycles. The Bertz CT molecular complexity index is 674. The molecule has 0 aliphatic heterocycles. The zero-order valence-electron chi connectivity index (χ0n) is 14.4. The maximum absolute atomic E-state index is 12.0. The van der Waals surface area contributed by atoms with Gasteiger partial charge in [0.2, 0.25) is 0 Å². The standard InChI is InChI=1S/C16H25N5O2/c1-6-13-8-14(23-20-13)9-17-16(22)18-10(2)7-15-11(3)19-21(5)12(15)4/h8,10H,6-7,9H2,1-5H3,(H2,17,18,22)/t10-/m1/s1. The summed E-state index contributed by atoms with van der Waals surface area (Å²) in [6.45, 7) is 8.35. The van der Waals surface area contributed by atoms with E-state index >= 15 is 0 Å². The minimum Gasteiger partial charge on any atom is -0.359 e. The molecule has 23 heavy (non-hydrogen) atoms. The van der Waals surface area contributed by atoms with Gasteiger partial charge in [-0.3, -0.25) is 4.68 Å². The quantitative estimate of drug-likeness (QED) is 0.853. The smallest absolute Gasteiger partial charge is 0.315 e. The van der Waals surface area contributed by atoms with Crippen molar-refractivity contribution >= 4 is 6.03 Å². The zero-order valence-corrected chi connectivity index (χ0v) is 14.4. The van der Waals surface area contributed by atoms with Crippen molar-refractivity contribution in [2.45, 2.75) is 53.1 Å². The van der Waals surface area contributed by atoms with Crippen LogP contribution >= 0.6 is 0 Å². The Balaban J connectivity index is 1.82. The van der Waals surface area contributed by atoms with Gasteiger partial charge in [-0.15, -0.1) is 0 Å². The Hall–Kier alpha value is -2.31. The second kappa shape index (κ2) is 7.30. The number of carbonyl (C=O) groups is 1. The Morgan fingerprint density at radius 3 is 2.74 bits per heavy atom. The molecule has 1 atom stereocenters. The Labute approximate surface area is 136 Å². The highest BCUT2D eigenvalue weighted by Gasteiger charge is 2.15. The Morgan fingerprint density at radius 2 is 2.17 bits per heavy atom. The molecule has 2 amide bonds. The molecule has 0 aromatic carbocycles. The first-order valence-corrected chi connectivity index (χ1v) is 7.88. The summed E-state index contributed by atoms with van der Waals surface area (Å²) in [5.41, 5.74) is 4.21. The molecule has 0 bridgehead atoms. The van der Waals surface area contributed by atoms with Crippen molar-refractivity contribution in [2.24, 2.45) is 7.05 Å². The van der Waals surface area contributed by atoms with Crippen LogP contribution in [0, 0.1) is 13.8 Å². The van der Waals surface area contributed by atoms with Crippen molar-refractivity contribution in [2.75, 3.05) is 0 Å². The number of carbonyl (C=O) groups excluding carboxylic acids is 1. The Kier molecular flexibility index (Phi) is 5.41. The van der Waals surface area contributed by atoms with Crippen LogP contribution in [0.5, 0.6) is 0 Å². The van der Waals surface area contributed by atoms with Crippen molar-refractivity contribution < 1.29 is 9.32 Å². The van der Waals surface area contributed by atoms with E-state index < -0.39 is 0 Å². The van der Waals surface area contributed by atoms with Crippen LogP contribution in [0.25, 0.3) is 0 Å². The molecule has 126 valence electrons. The predicted octanol–water partition coefficient (Wildman–Crippen LogP) is 2.02. The molecule has 0 unspecified atom stereocenters.